The summed E-state index contributed by atoms with van der Waals surface area (Å²) in [6.45, 7) is 4.39. The summed E-state index contributed by atoms with van der Waals surface area (Å²) in [5.41, 5.74) is 3.23. The molecule has 27 heavy (non-hydrogen) atoms. The van der Waals surface area contributed by atoms with Crippen LogP contribution in [-0.2, 0) is 16.4 Å². The lowest BCUT2D eigenvalue weighted by molar-refractivity contribution is 0.0741. The lowest BCUT2D eigenvalue weighted by atomic mass is 10.1. The van der Waals surface area contributed by atoms with E-state index in [4.69, 9.17) is 0 Å². The van der Waals surface area contributed by atoms with Crippen LogP contribution in [-0.4, -0.2) is 53.8 Å². The molecule has 1 fully saturated rings. The van der Waals surface area contributed by atoms with Crippen molar-refractivity contribution >= 4 is 21.7 Å². The molecule has 0 bridgehead atoms. The first-order valence-electron chi connectivity index (χ1n) is 8.87. The molecule has 0 aliphatic carbocycles. The van der Waals surface area contributed by atoms with Crippen molar-refractivity contribution < 1.29 is 13.2 Å². The number of anilines is 1. The van der Waals surface area contributed by atoms with Gasteiger partial charge in [-0.15, -0.1) is 0 Å². The van der Waals surface area contributed by atoms with Crippen LogP contribution < -0.4 is 5.32 Å². The Morgan fingerprint density at radius 2 is 2.00 bits per heavy atom. The first-order chi connectivity index (χ1) is 12.7. The molecular formula is C19H24N4O3S. The second kappa shape index (κ2) is 7.64. The highest BCUT2D eigenvalue weighted by molar-refractivity contribution is 7.91. The topological polar surface area (TPSA) is 92.3 Å². The summed E-state index contributed by atoms with van der Waals surface area (Å²) < 4.78 is 23.4. The number of nitrogens with one attached hydrogen (secondary N) is 1. The fourth-order valence-corrected chi connectivity index (χ4v) is 4.94. The van der Waals surface area contributed by atoms with Gasteiger partial charge in [-0.25, -0.2) is 18.4 Å². The number of benzene rings is 1. The number of hydrogen-bond acceptors (Lipinski definition) is 6. The van der Waals surface area contributed by atoms with E-state index in [0.29, 0.717) is 24.6 Å². The number of carbonyl (C=O) groups excluding carboxylic acids is 1. The van der Waals surface area contributed by atoms with Gasteiger partial charge in [-0.1, -0.05) is 24.3 Å². The lowest BCUT2D eigenvalue weighted by Crippen LogP contribution is -2.38. The Kier molecular flexibility index (Phi) is 5.46. The van der Waals surface area contributed by atoms with Crippen molar-refractivity contribution in [1.82, 2.24) is 14.9 Å². The number of rotatable bonds is 5. The largest absolute Gasteiger partial charge is 0.350 e. The third-order valence-corrected chi connectivity index (χ3v) is 6.60. The summed E-state index contributed by atoms with van der Waals surface area (Å²) >= 11 is 0. The minimum Gasteiger partial charge on any atom is -0.350 e. The standard InChI is InChI=1S/C19H24N4O3S/c1-13-6-4-5-7-15(13)11-20-19-21-14(2)10-17(22-19)18(24)23(3)16-8-9-27(25,26)12-16/h4-7,10,16H,8-9,11-12H2,1-3H3,(H,20,21,22). The predicted molar refractivity (Wildman–Crippen MR) is 104 cm³/mol. The van der Waals surface area contributed by atoms with Crippen LogP contribution in [0.15, 0.2) is 30.3 Å². The van der Waals surface area contributed by atoms with Crippen LogP contribution in [0.3, 0.4) is 0 Å². The number of sulfone groups is 1. The smallest absolute Gasteiger partial charge is 0.272 e. The van der Waals surface area contributed by atoms with E-state index in [0.717, 1.165) is 11.1 Å². The molecule has 3 rings (SSSR count). The van der Waals surface area contributed by atoms with Gasteiger partial charge in [-0.2, -0.15) is 0 Å². The van der Waals surface area contributed by atoms with E-state index in [1.54, 1.807) is 20.0 Å². The van der Waals surface area contributed by atoms with E-state index in [9.17, 15) is 13.2 Å². The fraction of sp³-hybridized carbons (Fsp3) is 0.421. The zero-order valence-electron chi connectivity index (χ0n) is 15.8. The van der Waals surface area contributed by atoms with Gasteiger partial charge in [0, 0.05) is 25.3 Å². The first-order valence-corrected chi connectivity index (χ1v) is 10.7. The molecule has 1 saturated heterocycles. The van der Waals surface area contributed by atoms with Crippen LogP contribution in [0.2, 0.25) is 0 Å². The maximum Gasteiger partial charge on any atom is 0.272 e. The van der Waals surface area contributed by atoms with Crippen molar-refractivity contribution in [3.63, 3.8) is 0 Å². The van der Waals surface area contributed by atoms with Crippen LogP contribution in [0.25, 0.3) is 0 Å². The van der Waals surface area contributed by atoms with Crippen molar-refractivity contribution in [3.8, 4) is 0 Å². The molecule has 2 heterocycles. The molecule has 0 radical (unpaired) electrons. The Morgan fingerprint density at radius 1 is 1.26 bits per heavy atom. The van der Waals surface area contributed by atoms with E-state index in [-0.39, 0.29) is 29.1 Å². The molecule has 7 nitrogen and oxygen atoms in total. The number of hydrogen-bond donors (Lipinski definition) is 1. The molecule has 8 heteroatoms. The third kappa shape index (κ3) is 4.63. The van der Waals surface area contributed by atoms with Gasteiger partial charge in [0.05, 0.1) is 11.5 Å². The summed E-state index contributed by atoms with van der Waals surface area (Å²) in [7, 11) is -1.42. The molecule has 1 aromatic carbocycles. The van der Waals surface area contributed by atoms with E-state index in [1.165, 1.54) is 4.90 Å². The van der Waals surface area contributed by atoms with Crippen LogP contribution in [0.1, 0.15) is 33.7 Å². The van der Waals surface area contributed by atoms with Crippen molar-refractivity contribution in [3.05, 3.63) is 52.8 Å². The van der Waals surface area contributed by atoms with Gasteiger partial charge in [0.2, 0.25) is 5.95 Å². The van der Waals surface area contributed by atoms with Gasteiger partial charge in [-0.3, -0.25) is 4.79 Å². The highest BCUT2D eigenvalue weighted by Gasteiger charge is 2.33. The monoisotopic (exact) mass is 388 g/mol. The van der Waals surface area contributed by atoms with Gasteiger partial charge in [-0.05, 0) is 37.5 Å². The minimum absolute atomic E-state index is 0.0116. The lowest BCUT2D eigenvalue weighted by Gasteiger charge is -2.23. The average Bonchev–Trinajstić information content (AvgIpc) is 2.99. The number of aryl methyl sites for hydroxylation is 2. The molecule has 2 aromatic rings. The summed E-state index contributed by atoms with van der Waals surface area (Å²) in [6.07, 6.45) is 0.465. The molecule has 1 atom stereocenters. The van der Waals surface area contributed by atoms with E-state index in [2.05, 4.69) is 15.3 Å². The molecule has 144 valence electrons. The Hall–Kier alpha value is -2.48. The van der Waals surface area contributed by atoms with Gasteiger partial charge in [0.15, 0.2) is 9.84 Å². The minimum atomic E-state index is -3.05. The van der Waals surface area contributed by atoms with Crippen molar-refractivity contribution in [2.24, 2.45) is 0 Å². The maximum absolute atomic E-state index is 12.8. The van der Waals surface area contributed by atoms with E-state index in [1.807, 2.05) is 31.2 Å². The maximum atomic E-state index is 12.8. The summed E-state index contributed by atoms with van der Waals surface area (Å²) in [5.74, 6) is 0.231. The van der Waals surface area contributed by atoms with Crippen molar-refractivity contribution in [2.75, 3.05) is 23.9 Å². The molecular weight excluding hydrogens is 364 g/mol. The fourth-order valence-electron chi connectivity index (χ4n) is 3.17. The van der Waals surface area contributed by atoms with Crippen LogP contribution in [0.4, 0.5) is 5.95 Å². The predicted octanol–water partition coefficient (Wildman–Crippen LogP) is 1.96. The zero-order valence-corrected chi connectivity index (χ0v) is 16.6. The van der Waals surface area contributed by atoms with Gasteiger partial charge in [0.1, 0.15) is 5.69 Å². The van der Waals surface area contributed by atoms with Crippen molar-refractivity contribution in [1.29, 1.82) is 0 Å². The van der Waals surface area contributed by atoms with Crippen LogP contribution in [0, 0.1) is 13.8 Å². The summed E-state index contributed by atoms with van der Waals surface area (Å²) in [5, 5.41) is 3.17. The van der Waals surface area contributed by atoms with E-state index >= 15 is 0 Å². The molecule has 1 aliphatic heterocycles. The molecule has 0 spiro atoms. The van der Waals surface area contributed by atoms with Crippen LogP contribution >= 0.6 is 0 Å². The summed E-state index contributed by atoms with van der Waals surface area (Å²) in [4.78, 5) is 23.0. The Balaban J connectivity index is 1.74. The first kappa shape index (κ1) is 19.3. The third-order valence-electron chi connectivity index (χ3n) is 4.85. The Bertz CT molecular complexity index is 959. The van der Waals surface area contributed by atoms with Gasteiger partial charge in [0.25, 0.3) is 5.91 Å². The summed E-state index contributed by atoms with van der Waals surface area (Å²) in [6, 6.07) is 9.34. The molecule has 1 unspecified atom stereocenters. The van der Waals surface area contributed by atoms with Gasteiger partial charge < -0.3 is 10.2 Å². The normalized spacial score (nSPS) is 18.3. The quantitative estimate of drug-likeness (QED) is 0.842. The zero-order chi connectivity index (χ0) is 19.6. The number of nitrogens with zero attached hydrogens (tertiary/aromatic N) is 3. The molecule has 1 amide bonds. The van der Waals surface area contributed by atoms with Crippen molar-refractivity contribution in [2.45, 2.75) is 32.9 Å². The molecule has 1 aromatic heterocycles. The Labute approximate surface area is 159 Å². The SMILES string of the molecule is Cc1cc(C(=O)N(C)C2CCS(=O)(=O)C2)nc(NCc2ccccc2C)n1. The highest BCUT2D eigenvalue weighted by atomic mass is 32.2. The molecule has 1 aliphatic rings. The number of aromatic nitrogens is 2. The second-order valence-corrected chi connectivity index (χ2v) is 9.20. The highest BCUT2D eigenvalue weighted by Crippen LogP contribution is 2.19. The second-order valence-electron chi connectivity index (χ2n) is 6.97. The number of carbonyl (C=O) groups is 1. The molecule has 0 saturated carbocycles. The van der Waals surface area contributed by atoms with E-state index < -0.39 is 9.84 Å². The van der Waals surface area contributed by atoms with Crippen LogP contribution in [0.5, 0.6) is 0 Å². The Morgan fingerprint density at radius 3 is 2.67 bits per heavy atom. The average molecular weight is 388 g/mol. The molecule has 1 N–H and O–H groups in total. The van der Waals surface area contributed by atoms with Gasteiger partial charge >= 0.3 is 0 Å². The number of amides is 1.